The first-order valence-electron chi connectivity index (χ1n) is 10.1. The van der Waals surface area contributed by atoms with Gasteiger partial charge in [0, 0.05) is 38.7 Å². The van der Waals surface area contributed by atoms with E-state index >= 15 is 0 Å². The highest BCUT2D eigenvalue weighted by molar-refractivity contribution is 9.10. The largest absolute Gasteiger partial charge is 0.376 e. The maximum Gasteiger partial charge on any atom is 0.328 e. The van der Waals surface area contributed by atoms with E-state index in [-0.39, 0.29) is 18.3 Å². The predicted octanol–water partition coefficient (Wildman–Crippen LogP) is 4.33. The number of amides is 3. The van der Waals surface area contributed by atoms with Gasteiger partial charge in [-0.1, -0.05) is 39.1 Å². The molecule has 0 radical (unpaired) electrons. The fourth-order valence-corrected chi connectivity index (χ4v) is 4.44. The first-order chi connectivity index (χ1) is 15.8. The normalized spacial score (nSPS) is 15.4. The molecule has 33 heavy (non-hydrogen) atoms. The minimum atomic E-state index is -0.909. The van der Waals surface area contributed by atoms with Crippen LogP contribution in [0.15, 0.2) is 46.9 Å². The van der Waals surface area contributed by atoms with Crippen LogP contribution in [0.1, 0.15) is 23.3 Å². The lowest BCUT2D eigenvalue weighted by atomic mass is 10.2. The number of hydrogen-bond acceptors (Lipinski definition) is 4. The molecule has 2 aromatic carbocycles. The summed E-state index contributed by atoms with van der Waals surface area (Å²) in [5.41, 5.74) is 3.55. The summed E-state index contributed by atoms with van der Waals surface area (Å²) >= 11 is 15.4. The van der Waals surface area contributed by atoms with Gasteiger partial charge >= 0.3 is 11.8 Å². The lowest BCUT2D eigenvalue weighted by molar-refractivity contribution is -0.136. The quantitative estimate of drug-likeness (QED) is 0.409. The van der Waals surface area contributed by atoms with Gasteiger partial charge in [0.05, 0.1) is 11.6 Å². The number of carbonyl (C=O) groups is 3. The van der Waals surface area contributed by atoms with Crippen LogP contribution in [0.3, 0.4) is 0 Å². The van der Waals surface area contributed by atoms with Crippen LogP contribution in [-0.2, 0) is 14.3 Å². The van der Waals surface area contributed by atoms with E-state index in [4.69, 9.17) is 27.9 Å². The Morgan fingerprint density at radius 3 is 2.52 bits per heavy atom. The van der Waals surface area contributed by atoms with Crippen LogP contribution >= 0.6 is 39.1 Å². The van der Waals surface area contributed by atoms with Gasteiger partial charge in [-0.2, -0.15) is 0 Å². The van der Waals surface area contributed by atoms with Crippen LogP contribution in [0, 0.1) is 0 Å². The third-order valence-corrected chi connectivity index (χ3v) is 5.98. The highest BCUT2D eigenvalue weighted by Crippen LogP contribution is 2.26. The minimum Gasteiger partial charge on any atom is -0.376 e. The molecular weight excluding hydrogens is 535 g/mol. The third-order valence-electron chi connectivity index (χ3n) is 5.05. The molecule has 8 nitrogen and oxygen atoms in total. The Bertz CT molecular complexity index is 1220. The molecule has 0 bridgehead atoms. The summed E-state index contributed by atoms with van der Waals surface area (Å²) in [6, 6.07) is 11.5. The highest BCUT2D eigenvalue weighted by Gasteiger charge is 2.23. The molecule has 0 spiro atoms. The number of ether oxygens (including phenoxy) is 1. The number of nitrogens with one attached hydrogen (secondary N) is 3. The molecule has 3 N–H and O–H groups in total. The van der Waals surface area contributed by atoms with Crippen molar-refractivity contribution >= 4 is 73.4 Å². The molecule has 1 aliphatic rings. The van der Waals surface area contributed by atoms with Crippen molar-refractivity contribution in [3.8, 4) is 0 Å². The molecule has 1 atom stereocenters. The number of rotatable bonds is 5. The summed E-state index contributed by atoms with van der Waals surface area (Å²) in [6.07, 6.45) is 1.66. The molecule has 1 saturated heterocycles. The van der Waals surface area contributed by atoms with Gasteiger partial charge in [0.15, 0.2) is 0 Å². The van der Waals surface area contributed by atoms with Gasteiger partial charge in [0.2, 0.25) is 0 Å². The molecule has 1 fully saturated rings. The standard InChI is InChI=1S/C22H19BrCl2N4O4/c23-13-3-4-18-12(6-13)7-19(20(30)27-16-9-14(24)8-15(25)10-16)29(18)28-22(32)21(31)26-11-17-2-1-5-33-17/h3-4,6-10,17H,1-2,5,11H2,(H,26,31)(H,27,30)(H,28,32)/t17-/m0/s1. The number of hydrogen-bond donors (Lipinski definition) is 3. The fraction of sp³-hybridized carbons (Fsp3) is 0.227. The SMILES string of the molecule is O=C(NC[C@@H]1CCCO1)C(=O)Nn1c(C(=O)Nc2cc(Cl)cc(Cl)c2)cc2cc(Br)ccc21. The maximum atomic E-state index is 13.1. The average Bonchev–Trinajstić information content (AvgIpc) is 3.39. The smallest absolute Gasteiger partial charge is 0.328 e. The average molecular weight is 554 g/mol. The van der Waals surface area contributed by atoms with Gasteiger partial charge in [0.1, 0.15) is 5.69 Å². The second kappa shape index (κ2) is 10.1. The molecule has 3 amide bonds. The Kier molecular flexibility index (Phi) is 7.23. The van der Waals surface area contributed by atoms with Crippen molar-refractivity contribution < 1.29 is 19.1 Å². The molecular formula is C22H19BrCl2N4O4. The molecule has 1 aliphatic heterocycles. The Morgan fingerprint density at radius 1 is 1.06 bits per heavy atom. The van der Waals surface area contributed by atoms with Crippen molar-refractivity contribution in [1.82, 2.24) is 9.99 Å². The maximum absolute atomic E-state index is 13.1. The molecule has 11 heteroatoms. The zero-order valence-corrected chi connectivity index (χ0v) is 20.3. The van der Waals surface area contributed by atoms with E-state index in [0.717, 1.165) is 17.3 Å². The van der Waals surface area contributed by atoms with Gasteiger partial charge in [0.25, 0.3) is 5.91 Å². The van der Waals surface area contributed by atoms with E-state index in [1.165, 1.54) is 4.68 Å². The van der Waals surface area contributed by atoms with Crippen molar-refractivity contribution in [2.24, 2.45) is 0 Å². The molecule has 2 heterocycles. The summed E-state index contributed by atoms with van der Waals surface area (Å²) in [5, 5.41) is 6.68. The summed E-state index contributed by atoms with van der Waals surface area (Å²) in [7, 11) is 0. The number of benzene rings is 2. The van der Waals surface area contributed by atoms with E-state index in [1.54, 1.807) is 42.5 Å². The second-order valence-corrected chi connectivity index (χ2v) is 9.25. The van der Waals surface area contributed by atoms with E-state index in [0.29, 0.717) is 33.2 Å². The number of halogens is 3. The summed E-state index contributed by atoms with van der Waals surface area (Å²) in [5.74, 6) is -2.26. The van der Waals surface area contributed by atoms with Crippen molar-refractivity contribution in [2.75, 3.05) is 23.9 Å². The molecule has 0 saturated carbocycles. The van der Waals surface area contributed by atoms with Gasteiger partial charge < -0.3 is 15.4 Å². The van der Waals surface area contributed by atoms with Gasteiger partial charge in [-0.25, -0.2) is 4.68 Å². The Hall–Kier alpha value is -2.59. The summed E-state index contributed by atoms with van der Waals surface area (Å²) in [6.45, 7) is 0.891. The molecule has 1 aromatic heterocycles. The van der Waals surface area contributed by atoms with Gasteiger partial charge in [-0.05, 0) is 55.3 Å². The van der Waals surface area contributed by atoms with Crippen LogP contribution in [0.4, 0.5) is 5.69 Å². The molecule has 172 valence electrons. The highest BCUT2D eigenvalue weighted by atomic mass is 79.9. The van der Waals surface area contributed by atoms with Crippen LogP contribution in [0.25, 0.3) is 10.9 Å². The van der Waals surface area contributed by atoms with E-state index in [2.05, 4.69) is 32.0 Å². The van der Waals surface area contributed by atoms with Crippen LogP contribution in [0.2, 0.25) is 10.0 Å². The molecule has 0 aliphatic carbocycles. The number of carbonyl (C=O) groups excluding carboxylic acids is 3. The van der Waals surface area contributed by atoms with Crippen LogP contribution in [0.5, 0.6) is 0 Å². The zero-order valence-electron chi connectivity index (χ0n) is 17.2. The van der Waals surface area contributed by atoms with E-state index in [1.807, 2.05) is 0 Å². The van der Waals surface area contributed by atoms with Crippen molar-refractivity contribution in [2.45, 2.75) is 18.9 Å². The van der Waals surface area contributed by atoms with Crippen LogP contribution in [-0.4, -0.2) is 41.7 Å². The molecule has 4 rings (SSSR count). The van der Waals surface area contributed by atoms with Crippen LogP contribution < -0.4 is 16.1 Å². The fourth-order valence-electron chi connectivity index (χ4n) is 3.54. The monoisotopic (exact) mass is 552 g/mol. The number of anilines is 1. The number of aromatic nitrogens is 1. The Balaban J connectivity index is 1.58. The second-order valence-electron chi connectivity index (χ2n) is 7.47. The van der Waals surface area contributed by atoms with E-state index < -0.39 is 17.7 Å². The first kappa shape index (κ1) is 23.6. The van der Waals surface area contributed by atoms with Crippen molar-refractivity contribution in [1.29, 1.82) is 0 Å². The Morgan fingerprint density at radius 2 is 1.82 bits per heavy atom. The third kappa shape index (κ3) is 5.67. The van der Waals surface area contributed by atoms with Crippen molar-refractivity contribution in [3.05, 3.63) is 62.7 Å². The zero-order chi connectivity index (χ0) is 23.5. The summed E-state index contributed by atoms with van der Waals surface area (Å²) in [4.78, 5) is 38.0. The van der Waals surface area contributed by atoms with Gasteiger partial charge in [-0.3, -0.25) is 19.8 Å². The first-order valence-corrected chi connectivity index (χ1v) is 11.6. The molecule has 3 aromatic rings. The van der Waals surface area contributed by atoms with Gasteiger partial charge in [-0.15, -0.1) is 0 Å². The predicted molar refractivity (Wildman–Crippen MR) is 130 cm³/mol. The molecule has 0 unspecified atom stereocenters. The topological polar surface area (TPSA) is 101 Å². The summed E-state index contributed by atoms with van der Waals surface area (Å²) < 4.78 is 7.52. The minimum absolute atomic E-state index is 0.0997. The lowest BCUT2D eigenvalue weighted by Crippen LogP contribution is -2.42. The lowest BCUT2D eigenvalue weighted by Gasteiger charge is -2.14. The van der Waals surface area contributed by atoms with E-state index in [9.17, 15) is 14.4 Å². The van der Waals surface area contributed by atoms with Crippen molar-refractivity contribution in [3.63, 3.8) is 0 Å². The Labute approximate surface area is 207 Å². The number of nitrogens with zero attached hydrogens (tertiary/aromatic N) is 1. The number of fused-ring (bicyclic) bond motifs is 1.